The van der Waals surface area contributed by atoms with Crippen molar-refractivity contribution in [2.45, 2.75) is 45.2 Å². The van der Waals surface area contributed by atoms with Crippen molar-refractivity contribution in [3.8, 4) is 0 Å². The van der Waals surface area contributed by atoms with Gasteiger partial charge in [0, 0.05) is 6.04 Å². The largest absolute Gasteiger partial charge is 0.305 e. The first-order valence-corrected chi connectivity index (χ1v) is 5.97. The van der Waals surface area contributed by atoms with Gasteiger partial charge in [0.2, 0.25) is 0 Å². The molecular weight excluding hydrogens is 198 g/mol. The van der Waals surface area contributed by atoms with Crippen molar-refractivity contribution in [2.24, 2.45) is 0 Å². The van der Waals surface area contributed by atoms with Gasteiger partial charge in [-0.2, -0.15) is 0 Å². The van der Waals surface area contributed by atoms with Gasteiger partial charge in [-0.05, 0) is 24.8 Å². The van der Waals surface area contributed by atoms with Crippen LogP contribution in [0.1, 0.15) is 32.3 Å². The molecule has 2 heteroatoms. The molecule has 0 aromatic heterocycles. The van der Waals surface area contributed by atoms with Crippen LogP contribution in [0.4, 0.5) is 0 Å². The summed E-state index contributed by atoms with van der Waals surface area (Å²) in [5.74, 6) is 0. The van der Waals surface area contributed by atoms with Gasteiger partial charge in [-0.1, -0.05) is 44.2 Å². The Bertz CT molecular complexity index is 295. The summed E-state index contributed by atoms with van der Waals surface area (Å²) in [5, 5.41) is 3.25. The SMILES string of the molecule is CC(C)NC(C=O)CCCc1ccccc1. The second kappa shape index (κ2) is 7.18. The minimum absolute atomic E-state index is 0.00344. The molecule has 0 aliphatic heterocycles. The minimum atomic E-state index is 0.00344. The monoisotopic (exact) mass is 219 g/mol. The summed E-state index contributed by atoms with van der Waals surface area (Å²) in [4.78, 5) is 10.8. The lowest BCUT2D eigenvalue weighted by Crippen LogP contribution is -2.35. The lowest BCUT2D eigenvalue weighted by molar-refractivity contribution is -0.109. The predicted octanol–water partition coefficient (Wildman–Crippen LogP) is 2.57. The van der Waals surface area contributed by atoms with Gasteiger partial charge in [-0.25, -0.2) is 0 Å². The van der Waals surface area contributed by atoms with E-state index in [0.717, 1.165) is 25.5 Å². The Kier molecular flexibility index (Phi) is 5.79. The maximum Gasteiger partial charge on any atom is 0.136 e. The summed E-state index contributed by atoms with van der Waals surface area (Å²) in [7, 11) is 0. The maximum absolute atomic E-state index is 10.8. The molecule has 1 aromatic carbocycles. The van der Waals surface area contributed by atoms with E-state index in [1.54, 1.807) is 0 Å². The molecule has 0 fully saturated rings. The topological polar surface area (TPSA) is 29.1 Å². The van der Waals surface area contributed by atoms with Gasteiger partial charge < -0.3 is 10.1 Å². The van der Waals surface area contributed by atoms with E-state index in [2.05, 4.69) is 43.4 Å². The Morgan fingerprint density at radius 1 is 1.25 bits per heavy atom. The van der Waals surface area contributed by atoms with E-state index in [-0.39, 0.29) is 6.04 Å². The number of benzene rings is 1. The molecule has 1 N–H and O–H groups in total. The van der Waals surface area contributed by atoms with Crippen LogP contribution in [0.15, 0.2) is 30.3 Å². The molecule has 0 bridgehead atoms. The van der Waals surface area contributed by atoms with E-state index in [1.165, 1.54) is 5.56 Å². The van der Waals surface area contributed by atoms with Gasteiger partial charge in [0.25, 0.3) is 0 Å². The third-order valence-electron chi connectivity index (χ3n) is 2.54. The maximum atomic E-state index is 10.8. The highest BCUT2D eigenvalue weighted by Crippen LogP contribution is 2.06. The quantitative estimate of drug-likeness (QED) is 0.714. The highest BCUT2D eigenvalue weighted by molar-refractivity contribution is 5.57. The van der Waals surface area contributed by atoms with Gasteiger partial charge in [0.05, 0.1) is 6.04 Å². The normalized spacial score (nSPS) is 12.7. The van der Waals surface area contributed by atoms with Crippen LogP contribution in [0.3, 0.4) is 0 Å². The molecule has 0 saturated carbocycles. The number of carbonyl (C=O) groups excluding carboxylic acids is 1. The number of aldehydes is 1. The minimum Gasteiger partial charge on any atom is -0.305 e. The van der Waals surface area contributed by atoms with Gasteiger partial charge in [0.1, 0.15) is 6.29 Å². The molecule has 1 unspecified atom stereocenters. The molecule has 16 heavy (non-hydrogen) atoms. The Morgan fingerprint density at radius 3 is 2.50 bits per heavy atom. The zero-order valence-electron chi connectivity index (χ0n) is 10.1. The lowest BCUT2D eigenvalue weighted by atomic mass is 10.0. The molecule has 0 saturated heterocycles. The van der Waals surface area contributed by atoms with Crippen molar-refractivity contribution < 1.29 is 4.79 Å². The Morgan fingerprint density at radius 2 is 1.94 bits per heavy atom. The van der Waals surface area contributed by atoms with E-state index < -0.39 is 0 Å². The summed E-state index contributed by atoms with van der Waals surface area (Å²) in [5.41, 5.74) is 1.34. The molecule has 88 valence electrons. The Balaban J connectivity index is 2.26. The first-order valence-electron chi connectivity index (χ1n) is 5.97. The van der Waals surface area contributed by atoms with Crippen molar-refractivity contribution in [3.63, 3.8) is 0 Å². The number of rotatable bonds is 7. The molecule has 0 aliphatic rings. The molecule has 1 aromatic rings. The molecular formula is C14H21NO. The van der Waals surface area contributed by atoms with Gasteiger partial charge in [-0.3, -0.25) is 0 Å². The number of hydrogen-bond donors (Lipinski definition) is 1. The zero-order chi connectivity index (χ0) is 11.8. The molecule has 1 atom stereocenters. The first-order chi connectivity index (χ1) is 7.72. The number of carbonyl (C=O) groups is 1. The third-order valence-corrected chi connectivity index (χ3v) is 2.54. The second-order valence-corrected chi connectivity index (χ2v) is 4.44. The fourth-order valence-electron chi connectivity index (χ4n) is 1.79. The first kappa shape index (κ1) is 12.9. The summed E-state index contributed by atoms with van der Waals surface area (Å²) >= 11 is 0. The van der Waals surface area contributed by atoms with Crippen molar-refractivity contribution in [3.05, 3.63) is 35.9 Å². The van der Waals surface area contributed by atoms with E-state index in [1.807, 2.05) is 6.07 Å². The van der Waals surface area contributed by atoms with Crippen LogP contribution in [-0.4, -0.2) is 18.4 Å². The van der Waals surface area contributed by atoms with Crippen LogP contribution < -0.4 is 5.32 Å². The van der Waals surface area contributed by atoms with E-state index in [0.29, 0.717) is 6.04 Å². The molecule has 0 aliphatic carbocycles. The average molecular weight is 219 g/mol. The van der Waals surface area contributed by atoms with Gasteiger partial charge in [-0.15, -0.1) is 0 Å². The lowest BCUT2D eigenvalue weighted by Gasteiger charge is -2.15. The fraction of sp³-hybridized carbons (Fsp3) is 0.500. The molecule has 2 nitrogen and oxygen atoms in total. The fourth-order valence-corrected chi connectivity index (χ4v) is 1.79. The molecule has 1 rings (SSSR count). The van der Waals surface area contributed by atoms with Crippen LogP contribution >= 0.6 is 0 Å². The third kappa shape index (κ3) is 5.08. The predicted molar refractivity (Wildman–Crippen MR) is 67.5 cm³/mol. The van der Waals surface area contributed by atoms with Crippen LogP contribution in [0.25, 0.3) is 0 Å². The summed E-state index contributed by atoms with van der Waals surface area (Å²) in [6, 6.07) is 10.8. The Hall–Kier alpha value is -1.15. The van der Waals surface area contributed by atoms with E-state index in [4.69, 9.17) is 0 Å². The highest BCUT2D eigenvalue weighted by atomic mass is 16.1. The Labute approximate surface area is 98.1 Å². The van der Waals surface area contributed by atoms with Crippen molar-refractivity contribution in [2.75, 3.05) is 0 Å². The van der Waals surface area contributed by atoms with Crippen LogP contribution in [0, 0.1) is 0 Å². The standard InChI is InChI=1S/C14H21NO/c1-12(2)15-14(11-16)10-6-9-13-7-4-3-5-8-13/h3-5,7-8,11-12,14-15H,6,9-10H2,1-2H3. The summed E-state index contributed by atoms with van der Waals surface area (Å²) in [6.45, 7) is 4.13. The van der Waals surface area contributed by atoms with E-state index >= 15 is 0 Å². The molecule has 0 heterocycles. The highest BCUT2D eigenvalue weighted by Gasteiger charge is 2.07. The van der Waals surface area contributed by atoms with Crippen LogP contribution in [0.5, 0.6) is 0 Å². The molecule has 0 radical (unpaired) electrons. The average Bonchev–Trinajstić information content (AvgIpc) is 2.28. The number of hydrogen-bond acceptors (Lipinski definition) is 2. The second-order valence-electron chi connectivity index (χ2n) is 4.44. The molecule has 0 amide bonds. The van der Waals surface area contributed by atoms with Gasteiger partial charge in [0.15, 0.2) is 0 Å². The summed E-state index contributed by atoms with van der Waals surface area (Å²) in [6.07, 6.45) is 4.03. The summed E-state index contributed by atoms with van der Waals surface area (Å²) < 4.78 is 0. The van der Waals surface area contributed by atoms with Crippen molar-refractivity contribution in [1.82, 2.24) is 5.32 Å². The number of nitrogens with one attached hydrogen (secondary N) is 1. The van der Waals surface area contributed by atoms with E-state index in [9.17, 15) is 4.79 Å². The molecule has 0 spiro atoms. The van der Waals surface area contributed by atoms with Crippen LogP contribution in [-0.2, 0) is 11.2 Å². The van der Waals surface area contributed by atoms with Crippen molar-refractivity contribution >= 4 is 6.29 Å². The smallest absolute Gasteiger partial charge is 0.136 e. The zero-order valence-corrected chi connectivity index (χ0v) is 10.1. The van der Waals surface area contributed by atoms with Crippen LogP contribution in [0.2, 0.25) is 0 Å². The number of aryl methyl sites for hydroxylation is 1. The van der Waals surface area contributed by atoms with Crippen molar-refractivity contribution in [1.29, 1.82) is 0 Å². The van der Waals surface area contributed by atoms with Gasteiger partial charge >= 0.3 is 0 Å².